The second-order valence-corrected chi connectivity index (χ2v) is 8.72. The van der Waals surface area contributed by atoms with Crippen molar-refractivity contribution in [2.45, 2.75) is 52.6 Å². The van der Waals surface area contributed by atoms with Crippen molar-refractivity contribution >= 4 is 20.5 Å². The molecule has 25 heavy (non-hydrogen) atoms. The topological polar surface area (TPSA) is 71.1 Å². The van der Waals surface area contributed by atoms with Crippen LogP contribution in [-0.2, 0) is 27.9 Å². The maximum absolute atomic E-state index is 11.3. The van der Waals surface area contributed by atoms with Crippen LogP contribution in [0.5, 0.6) is 0 Å². The predicted molar refractivity (Wildman–Crippen MR) is 99.4 cm³/mol. The van der Waals surface area contributed by atoms with Crippen molar-refractivity contribution in [3.8, 4) is 0 Å². The standard InChI is InChI=1S/C18H32O6Si/c1-5-11-17(19)21-13-9-15-25(23-7-3,24-8-4)16-10-14-22-18(20)12-6-2/h5-6,11-12H,7-10,13-16H2,1-4H3. The minimum atomic E-state index is -2.40. The fourth-order valence-corrected chi connectivity index (χ4v) is 5.71. The zero-order valence-electron chi connectivity index (χ0n) is 15.9. The van der Waals surface area contributed by atoms with Crippen molar-refractivity contribution in [2.75, 3.05) is 26.4 Å². The van der Waals surface area contributed by atoms with E-state index >= 15 is 0 Å². The van der Waals surface area contributed by atoms with E-state index in [1.807, 2.05) is 13.8 Å². The first-order chi connectivity index (χ1) is 12.0. The van der Waals surface area contributed by atoms with Crippen LogP contribution >= 0.6 is 0 Å². The van der Waals surface area contributed by atoms with Crippen molar-refractivity contribution < 1.29 is 27.9 Å². The molecule has 6 nitrogen and oxygen atoms in total. The van der Waals surface area contributed by atoms with Crippen molar-refractivity contribution in [3.05, 3.63) is 24.3 Å². The van der Waals surface area contributed by atoms with Gasteiger partial charge in [-0.2, -0.15) is 0 Å². The molecule has 0 saturated carbocycles. The maximum atomic E-state index is 11.3. The molecule has 0 aromatic heterocycles. The number of rotatable bonds is 14. The third-order valence-electron chi connectivity index (χ3n) is 3.31. The normalized spacial score (nSPS) is 12.0. The summed E-state index contributed by atoms with van der Waals surface area (Å²) in [5.74, 6) is -0.669. The molecule has 0 aliphatic carbocycles. The van der Waals surface area contributed by atoms with Gasteiger partial charge in [0.15, 0.2) is 0 Å². The lowest BCUT2D eigenvalue weighted by atomic mass is 10.5. The van der Waals surface area contributed by atoms with Gasteiger partial charge in [0.25, 0.3) is 0 Å². The molecule has 0 aromatic carbocycles. The van der Waals surface area contributed by atoms with Crippen LogP contribution in [0, 0.1) is 0 Å². The highest BCUT2D eigenvalue weighted by Gasteiger charge is 2.36. The Morgan fingerprint density at radius 2 is 1.20 bits per heavy atom. The molecular weight excluding hydrogens is 340 g/mol. The highest BCUT2D eigenvalue weighted by Crippen LogP contribution is 2.23. The second-order valence-electron chi connectivity index (χ2n) is 5.32. The fraction of sp³-hybridized carbons (Fsp3) is 0.667. The Balaban J connectivity index is 4.45. The van der Waals surface area contributed by atoms with Crippen molar-refractivity contribution in [1.29, 1.82) is 0 Å². The molecule has 0 N–H and O–H groups in total. The first-order valence-corrected chi connectivity index (χ1v) is 11.1. The van der Waals surface area contributed by atoms with Gasteiger partial charge in [-0.3, -0.25) is 0 Å². The SMILES string of the molecule is CC=CC(=O)OCCC[Si](CCCOC(=O)C=CC)(OCC)OCC. The molecule has 0 amide bonds. The molecule has 0 unspecified atom stereocenters. The van der Waals surface area contributed by atoms with Gasteiger partial charge < -0.3 is 18.3 Å². The van der Waals surface area contributed by atoms with Crippen LogP contribution in [0.25, 0.3) is 0 Å². The van der Waals surface area contributed by atoms with E-state index in [0.717, 1.165) is 12.1 Å². The quantitative estimate of drug-likeness (QED) is 0.201. The van der Waals surface area contributed by atoms with E-state index in [0.29, 0.717) is 39.3 Å². The highest BCUT2D eigenvalue weighted by molar-refractivity contribution is 6.67. The molecule has 0 spiro atoms. The zero-order chi connectivity index (χ0) is 19.0. The fourth-order valence-electron chi connectivity index (χ4n) is 2.38. The average Bonchev–Trinajstić information content (AvgIpc) is 2.57. The Labute approximate surface area is 152 Å². The number of hydrogen-bond donors (Lipinski definition) is 0. The molecular formula is C18H32O6Si. The van der Waals surface area contributed by atoms with Gasteiger partial charge in [0.2, 0.25) is 0 Å². The Hall–Kier alpha value is -1.44. The van der Waals surface area contributed by atoms with Crippen molar-refractivity contribution in [3.63, 3.8) is 0 Å². The number of allylic oxidation sites excluding steroid dienone is 2. The lowest BCUT2D eigenvalue weighted by Gasteiger charge is -2.30. The Morgan fingerprint density at radius 1 is 0.800 bits per heavy atom. The Kier molecular flexibility index (Phi) is 14.0. The van der Waals surface area contributed by atoms with Gasteiger partial charge in [-0.25, -0.2) is 9.59 Å². The van der Waals surface area contributed by atoms with E-state index in [9.17, 15) is 9.59 Å². The number of ether oxygens (including phenoxy) is 2. The van der Waals surface area contributed by atoms with E-state index in [4.69, 9.17) is 18.3 Å². The first-order valence-electron chi connectivity index (χ1n) is 8.90. The number of esters is 2. The van der Waals surface area contributed by atoms with Gasteiger partial charge in [0.05, 0.1) is 13.2 Å². The predicted octanol–water partition coefficient (Wildman–Crippen LogP) is 3.52. The molecule has 0 aliphatic heterocycles. The Bertz CT molecular complexity index is 393. The summed E-state index contributed by atoms with van der Waals surface area (Å²) in [6.07, 6.45) is 7.47. The summed E-state index contributed by atoms with van der Waals surface area (Å²) in [6, 6.07) is 1.47. The summed E-state index contributed by atoms with van der Waals surface area (Å²) < 4.78 is 22.2. The highest BCUT2D eigenvalue weighted by atomic mass is 28.4. The summed E-state index contributed by atoms with van der Waals surface area (Å²) in [6.45, 7) is 9.26. The molecule has 0 radical (unpaired) electrons. The van der Waals surface area contributed by atoms with Gasteiger partial charge in [-0.15, -0.1) is 0 Å². The maximum Gasteiger partial charge on any atom is 0.338 e. The second kappa shape index (κ2) is 14.9. The number of carbonyl (C=O) groups excluding carboxylic acids is 2. The summed E-state index contributed by atoms with van der Waals surface area (Å²) in [7, 11) is -2.40. The van der Waals surface area contributed by atoms with Gasteiger partial charge in [0.1, 0.15) is 0 Å². The van der Waals surface area contributed by atoms with Gasteiger partial charge >= 0.3 is 20.5 Å². The third-order valence-corrected chi connectivity index (χ3v) is 7.17. The minimum Gasteiger partial charge on any atom is -0.463 e. The molecule has 0 bridgehead atoms. The van der Waals surface area contributed by atoms with E-state index in [2.05, 4.69) is 0 Å². The first kappa shape index (κ1) is 23.6. The molecule has 0 saturated heterocycles. The molecule has 7 heteroatoms. The summed E-state index contributed by atoms with van der Waals surface area (Å²) in [5, 5.41) is 0. The van der Waals surface area contributed by atoms with Crippen LogP contribution in [0.1, 0.15) is 40.5 Å². The van der Waals surface area contributed by atoms with Crippen LogP contribution in [0.3, 0.4) is 0 Å². The number of carbonyl (C=O) groups is 2. The van der Waals surface area contributed by atoms with E-state index < -0.39 is 8.56 Å². The van der Waals surface area contributed by atoms with Crippen LogP contribution < -0.4 is 0 Å². The Morgan fingerprint density at radius 3 is 1.52 bits per heavy atom. The van der Waals surface area contributed by atoms with Gasteiger partial charge in [0, 0.05) is 25.4 Å². The molecule has 0 rings (SSSR count). The van der Waals surface area contributed by atoms with Crippen LogP contribution in [0.4, 0.5) is 0 Å². The van der Waals surface area contributed by atoms with Crippen LogP contribution in [0.15, 0.2) is 24.3 Å². The molecule has 0 aliphatic rings. The summed E-state index contributed by atoms with van der Waals surface area (Å²) >= 11 is 0. The third kappa shape index (κ3) is 11.7. The van der Waals surface area contributed by atoms with Crippen LogP contribution in [0.2, 0.25) is 12.1 Å². The van der Waals surface area contributed by atoms with Crippen LogP contribution in [-0.4, -0.2) is 46.9 Å². The summed E-state index contributed by atoms with van der Waals surface area (Å²) in [5.41, 5.74) is 0. The molecule has 144 valence electrons. The average molecular weight is 373 g/mol. The molecule has 0 atom stereocenters. The minimum absolute atomic E-state index is 0.335. The molecule has 0 fully saturated rings. The van der Waals surface area contributed by atoms with E-state index in [-0.39, 0.29) is 11.9 Å². The van der Waals surface area contributed by atoms with E-state index in [1.165, 1.54) is 12.2 Å². The van der Waals surface area contributed by atoms with Crippen molar-refractivity contribution in [1.82, 2.24) is 0 Å². The van der Waals surface area contributed by atoms with Gasteiger partial charge in [-0.05, 0) is 52.6 Å². The van der Waals surface area contributed by atoms with Crippen molar-refractivity contribution in [2.24, 2.45) is 0 Å². The zero-order valence-corrected chi connectivity index (χ0v) is 16.9. The monoisotopic (exact) mass is 372 g/mol. The number of hydrogen-bond acceptors (Lipinski definition) is 6. The summed E-state index contributed by atoms with van der Waals surface area (Å²) in [4.78, 5) is 22.7. The lowest BCUT2D eigenvalue weighted by molar-refractivity contribution is -0.138. The lowest BCUT2D eigenvalue weighted by Crippen LogP contribution is -2.42. The largest absolute Gasteiger partial charge is 0.463 e. The molecule has 0 heterocycles. The molecule has 0 aromatic rings. The smallest absolute Gasteiger partial charge is 0.338 e. The van der Waals surface area contributed by atoms with Gasteiger partial charge in [-0.1, -0.05) is 12.2 Å². The van der Waals surface area contributed by atoms with E-state index in [1.54, 1.807) is 26.0 Å².